The number of nitrogens with one attached hydrogen (secondary N) is 2. The second-order valence-electron chi connectivity index (χ2n) is 5.15. The molecule has 0 atom stereocenters. The molecule has 0 aliphatic rings. The van der Waals surface area contributed by atoms with Gasteiger partial charge in [-0.2, -0.15) is 0 Å². The molecule has 1 heterocycles. The Labute approximate surface area is 133 Å². The first-order chi connectivity index (χ1) is 10.9. The molecule has 2 N–H and O–H groups in total. The maximum absolute atomic E-state index is 13.9. The van der Waals surface area contributed by atoms with E-state index in [4.69, 9.17) is 4.74 Å². The van der Waals surface area contributed by atoms with Crippen LogP contribution in [0.4, 0.5) is 10.1 Å². The highest BCUT2D eigenvalue weighted by molar-refractivity contribution is 7.93. The summed E-state index contributed by atoms with van der Waals surface area (Å²) in [7, 11) is -2.38. The van der Waals surface area contributed by atoms with Crippen molar-refractivity contribution in [3.8, 4) is 5.75 Å². The number of hydrogen-bond acceptors (Lipinski definition) is 3. The smallest absolute Gasteiger partial charge is 0.264 e. The molecule has 0 spiro atoms. The van der Waals surface area contributed by atoms with Crippen molar-refractivity contribution in [3.05, 3.63) is 54.0 Å². The number of H-pyrrole nitrogens is 1. The molecule has 0 amide bonds. The van der Waals surface area contributed by atoms with Crippen LogP contribution in [0.5, 0.6) is 5.75 Å². The molecule has 0 aliphatic carbocycles. The standard InChI is InChI=1S/C16H15FN2O3S/c1-10-3-6-14(13(17)7-10)19-23(20,21)16-9-18-15-8-11(22-2)4-5-12(15)16/h3-9,18-19H,1-2H3. The summed E-state index contributed by atoms with van der Waals surface area (Å²) >= 11 is 0. The number of aromatic amines is 1. The van der Waals surface area contributed by atoms with E-state index in [1.807, 2.05) is 0 Å². The second-order valence-corrected chi connectivity index (χ2v) is 6.80. The number of fused-ring (bicyclic) bond motifs is 1. The quantitative estimate of drug-likeness (QED) is 0.768. The lowest BCUT2D eigenvalue weighted by Crippen LogP contribution is -2.13. The van der Waals surface area contributed by atoms with Crippen LogP contribution in [-0.4, -0.2) is 20.5 Å². The van der Waals surface area contributed by atoms with Crippen LogP contribution in [0, 0.1) is 12.7 Å². The van der Waals surface area contributed by atoms with Crippen molar-refractivity contribution < 1.29 is 17.5 Å². The van der Waals surface area contributed by atoms with E-state index in [-0.39, 0.29) is 10.6 Å². The molecular weight excluding hydrogens is 319 g/mol. The van der Waals surface area contributed by atoms with E-state index in [1.54, 1.807) is 31.2 Å². The summed E-state index contributed by atoms with van der Waals surface area (Å²) in [5.74, 6) is -0.00378. The Morgan fingerprint density at radius 2 is 1.96 bits per heavy atom. The summed E-state index contributed by atoms with van der Waals surface area (Å²) in [5.41, 5.74) is 1.25. The molecule has 1 aromatic heterocycles. The van der Waals surface area contributed by atoms with Crippen molar-refractivity contribution >= 4 is 26.6 Å². The van der Waals surface area contributed by atoms with E-state index in [9.17, 15) is 12.8 Å². The fourth-order valence-electron chi connectivity index (χ4n) is 2.33. The monoisotopic (exact) mass is 334 g/mol. The molecule has 0 saturated carbocycles. The van der Waals surface area contributed by atoms with Crippen molar-refractivity contribution in [1.82, 2.24) is 4.98 Å². The van der Waals surface area contributed by atoms with Gasteiger partial charge in [0.2, 0.25) is 0 Å². The van der Waals surface area contributed by atoms with Gasteiger partial charge in [-0.3, -0.25) is 4.72 Å². The average Bonchev–Trinajstić information content (AvgIpc) is 2.93. The van der Waals surface area contributed by atoms with Gasteiger partial charge in [0.15, 0.2) is 0 Å². The zero-order valence-electron chi connectivity index (χ0n) is 12.6. The van der Waals surface area contributed by atoms with Crippen LogP contribution in [0.2, 0.25) is 0 Å². The summed E-state index contributed by atoms with van der Waals surface area (Å²) in [4.78, 5) is 2.94. The van der Waals surface area contributed by atoms with E-state index in [2.05, 4.69) is 9.71 Å². The van der Waals surface area contributed by atoms with E-state index in [0.717, 1.165) is 0 Å². The Hall–Kier alpha value is -2.54. The topological polar surface area (TPSA) is 71.2 Å². The van der Waals surface area contributed by atoms with Crippen LogP contribution >= 0.6 is 0 Å². The molecular formula is C16H15FN2O3S. The van der Waals surface area contributed by atoms with Gasteiger partial charge in [-0.25, -0.2) is 12.8 Å². The third-order valence-electron chi connectivity index (χ3n) is 3.51. The summed E-state index contributed by atoms with van der Waals surface area (Å²) in [6.45, 7) is 1.73. The van der Waals surface area contributed by atoms with Gasteiger partial charge in [0.1, 0.15) is 16.5 Å². The van der Waals surface area contributed by atoms with Crippen LogP contribution < -0.4 is 9.46 Å². The van der Waals surface area contributed by atoms with Crippen LogP contribution in [0.25, 0.3) is 10.9 Å². The number of benzene rings is 2. The Bertz CT molecular complexity index is 980. The first kappa shape index (κ1) is 15.4. The number of hydrogen-bond donors (Lipinski definition) is 2. The van der Waals surface area contributed by atoms with Crippen molar-refractivity contribution in [2.75, 3.05) is 11.8 Å². The van der Waals surface area contributed by atoms with Crippen LogP contribution in [0.15, 0.2) is 47.5 Å². The molecule has 3 aromatic rings. The molecule has 2 aromatic carbocycles. The molecule has 7 heteroatoms. The lowest BCUT2D eigenvalue weighted by atomic mass is 10.2. The third kappa shape index (κ3) is 2.87. The Balaban J connectivity index is 2.02. The van der Waals surface area contributed by atoms with E-state index >= 15 is 0 Å². The van der Waals surface area contributed by atoms with Crippen LogP contribution in [-0.2, 0) is 10.0 Å². The first-order valence-electron chi connectivity index (χ1n) is 6.85. The molecule has 120 valence electrons. The molecule has 0 radical (unpaired) electrons. The van der Waals surface area contributed by atoms with Gasteiger partial charge in [-0.05, 0) is 36.8 Å². The summed E-state index contributed by atoms with van der Waals surface area (Å²) in [6.07, 6.45) is 1.37. The fraction of sp³-hybridized carbons (Fsp3) is 0.125. The Kier molecular flexibility index (Phi) is 3.73. The van der Waals surface area contributed by atoms with Gasteiger partial charge in [0.05, 0.1) is 18.3 Å². The number of rotatable bonds is 4. The fourth-order valence-corrected chi connectivity index (χ4v) is 3.58. The molecule has 5 nitrogen and oxygen atoms in total. The van der Waals surface area contributed by atoms with Crippen LogP contribution in [0.3, 0.4) is 0 Å². The van der Waals surface area contributed by atoms with Gasteiger partial charge in [0, 0.05) is 17.6 Å². The number of halogens is 1. The predicted octanol–water partition coefficient (Wildman–Crippen LogP) is 3.42. The van der Waals surface area contributed by atoms with Gasteiger partial charge >= 0.3 is 0 Å². The highest BCUT2D eigenvalue weighted by atomic mass is 32.2. The predicted molar refractivity (Wildman–Crippen MR) is 86.8 cm³/mol. The van der Waals surface area contributed by atoms with Gasteiger partial charge in [-0.1, -0.05) is 6.07 Å². The number of aromatic nitrogens is 1. The molecule has 3 rings (SSSR count). The molecule has 0 fully saturated rings. The average molecular weight is 334 g/mol. The minimum Gasteiger partial charge on any atom is -0.497 e. The van der Waals surface area contributed by atoms with Gasteiger partial charge in [0.25, 0.3) is 10.0 Å². The Morgan fingerprint density at radius 1 is 1.17 bits per heavy atom. The summed E-state index contributed by atoms with van der Waals surface area (Å²) < 4.78 is 46.4. The van der Waals surface area contributed by atoms with Gasteiger partial charge < -0.3 is 9.72 Å². The number of methoxy groups -OCH3 is 1. The van der Waals surface area contributed by atoms with Gasteiger partial charge in [-0.15, -0.1) is 0 Å². The van der Waals surface area contributed by atoms with E-state index < -0.39 is 15.8 Å². The minimum atomic E-state index is -3.91. The number of sulfonamides is 1. The second kappa shape index (κ2) is 5.58. The molecule has 0 aliphatic heterocycles. The number of anilines is 1. The maximum atomic E-state index is 13.9. The van der Waals surface area contributed by atoms with Crippen LogP contribution in [0.1, 0.15) is 5.56 Å². The maximum Gasteiger partial charge on any atom is 0.264 e. The number of aryl methyl sites for hydroxylation is 1. The van der Waals surface area contributed by atoms with Crippen molar-refractivity contribution in [2.24, 2.45) is 0 Å². The SMILES string of the molecule is COc1ccc2c(S(=O)(=O)Nc3ccc(C)cc3F)c[nH]c2c1. The Morgan fingerprint density at radius 3 is 2.65 bits per heavy atom. The van der Waals surface area contributed by atoms with Crippen molar-refractivity contribution in [2.45, 2.75) is 11.8 Å². The lowest BCUT2D eigenvalue weighted by molar-refractivity contribution is 0.415. The molecule has 0 saturated heterocycles. The zero-order valence-corrected chi connectivity index (χ0v) is 13.4. The highest BCUT2D eigenvalue weighted by Crippen LogP contribution is 2.28. The number of ether oxygens (including phenoxy) is 1. The lowest BCUT2D eigenvalue weighted by Gasteiger charge is -2.09. The van der Waals surface area contributed by atoms with Crippen molar-refractivity contribution in [1.29, 1.82) is 0 Å². The normalized spacial score (nSPS) is 11.6. The highest BCUT2D eigenvalue weighted by Gasteiger charge is 2.20. The zero-order chi connectivity index (χ0) is 16.6. The molecule has 23 heavy (non-hydrogen) atoms. The minimum absolute atomic E-state index is 0.0510. The summed E-state index contributed by atoms with van der Waals surface area (Å²) in [5, 5.41) is 0.505. The first-order valence-corrected chi connectivity index (χ1v) is 8.33. The third-order valence-corrected chi connectivity index (χ3v) is 4.91. The molecule has 0 bridgehead atoms. The summed E-state index contributed by atoms with van der Waals surface area (Å²) in [6, 6.07) is 9.33. The van der Waals surface area contributed by atoms with E-state index in [1.165, 1.54) is 25.4 Å². The van der Waals surface area contributed by atoms with E-state index in [0.29, 0.717) is 22.2 Å². The van der Waals surface area contributed by atoms with Crippen molar-refractivity contribution in [3.63, 3.8) is 0 Å². The largest absolute Gasteiger partial charge is 0.497 e. The molecule has 0 unspecified atom stereocenters.